The molecule has 1 aliphatic heterocycles. The van der Waals surface area contributed by atoms with Crippen molar-refractivity contribution in [3.8, 4) is 0 Å². The van der Waals surface area contributed by atoms with E-state index in [0.717, 1.165) is 25.8 Å². The van der Waals surface area contributed by atoms with E-state index in [1.807, 2.05) is 0 Å². The van der Waals surface area contributed by atoms with Crippen LogP contribution in [-0.4, -0.2) is 62.8 Å². The van der Waals surface area contributed by atoms with E-state index < -0.39 is 10.0 Å². The van der Waals surface area contributed by atoms with Gasteiger partial charge in [0.1, 0.15) is 10.7 Å². The van der Waals surface area contributed by atoms with E-state index in [9.17, 15) is 13.2 Å². The molecule has 1 saturated heterocycles. The van der Waals surface area contributed by atoms with Gasteiger partial charge in [-0.3, -0.25) is 4.79 Å². The summed E-state index contributed by atoms with van der Waals surface area (Å²) in [5, 5.41) is 2.85. The maximum atomic E-state index is 12.7. The first-order valence-electron chi connectivity index (χ1n) is 10.5. The Labute approximate surface area is 168 Å². The number of rotatable bonds is 8. The fourth-order valence-corrected chi connectivity index (χ4v) is 5.90. The number of amides is 1. The molecule has 0 bridgehead atoms. The number of carbonyl (C=O) groups excluding carboxylic acids is 1. The third kappa shape index (κ3) is 4.96. The second-order valence-electron chi connectivity index (χ2n) is 8.02. The quantitative estimate of drug-likeness (QED) is 0.665. The molecule has 0 aromatic carbocycles. The number of hydrogen-bond donors (Lipinski definition) is 1. The Morgan fingerprint density at radius 2 is 1.89 bits per heavy atom. The van der Waals surface area contributed by atoms with Crippen LogP contribution in [0, 0.1) is 6.92 Å². The van der Waals surface area contributed by atoms with Crippen LogP contribution in [0.1, 0.15) is 67.7 Å². The molecule has 1 amide bonds. The number of furan rings is 1. The number of aryl methyl sites for hydroxylation is 1. The molecule has 7 nitrogen and oxygen atoms in total. The van der Waals surface area contributed by atoms with Crippen LogP contribution in [0.2, 0.25) is 0 Å². The SMILES string of the molecule is Cc1oc(C(=O)NCCCN(C)C2CCCCC2)cc1S(=O)(=O)N1CCCC1. The lowest BCUT2D eigenvalue weighted by Crippen LogP contribution is -2.35. The molecule has 0 spiro atoms. The van der Waals surface area contributed by atoms with Crippen molar-refractivity contribution in [3.63, 3.8) is 0 Å². The zero-order chi connectivity index (χ0) is 20.1. The van der Waals surface area contributed by atoms with Crippen LogP contribution < -0.4 is 5.32 Å². The third-order valence-electron chi connectivity index (χ3n) is 5.95. The Hall–Kier alpha value is -1.38. The van der Waals surface area contributed by atoms with E-state index in [1.54, 1.807) is 6.92 Å². The lowest BCUT2D eigenvalue weighted by atomic mass is 9.94. The highest BCUT2D eigenvalue weighted by Gasteiger charge is 2.31. The first kappa shape index (κ1) is 21.3. The topological polar surface area (TPSA) is 82.9 Å². The van der Waals surface area contributed by atoms with Gasteiger partial charge in [-0.25, -0.2) is 8.42 Å². The molecule has 3 rings (SSSR count). The highest BCUT2D eigenvalue weighted by molar-refractivity contribution is 7.89. The first-order chi connectivity index (χ1) is 13.4. The van der Waals surface area contributed by atoms with Crippen molar-refractivity contribution in [1.29, 1.82) is 0 Å². The number of carbonyl (C=O) groups is 1. The van der Waals surface area contributed by atoms with Gasteiger partial charge in [-0.15, -0.1) is 0 Å². The fourth-order valence-electron chi connectivity index (χ4n) is 4.22. The molecule has 1 N–H and O–H groups in total. The van der Waals surface area contributed by atoms with Crippen molar-refractivity contribution in [3.05, 3.63) is 17.6 Å². The molecule has 1 aliphatic carbocycles. The van der Waals surface area contributed by atoms with Gasteiger partial charge in [0.25, 0.3) is 5.91 Å². The van der Waals surface area contributed by atoms with Gasteiger partial charge < -0.3 is 14.6 Å². The van der Waals surface area contributed by atoms with Gasteiger partial charge in [0.05, 0.1) is 0 Å². The van der Waals surface area contributed by atoms with Gasteiger partial charge in [-0.1, -0.05) is 19.3 Å². The second-order valence-corrected chi connectivity index (χ2v) is 9.93. The lowest BCUT2D eigenvalue weighted by molar-refractivity contribution is 0.0921. The summed E-state index contributed by atoms with van der Waals surface area (Å²) in [4.78, 5) is 14.9. The Morgan fingerprint density at radius 1 is 1.21 bits per heavy atom. The molecule has 2 heterocycles. The maximum absolute atomic E-state index is 12.7. The monoisotopic (exact) mass is 411 g/mol. The smallest absolute Gasteiger partial charge is 0.287 e. The molecule has 1 aromatic rings. The summed E-state index contributed by atoms with van der Waals surface area (Å²) in [5.74, 6) is -0.0173. The van der Waals surface area contributed by atoms with E-state index in [-0.39, 0.29) is 22.3 Å². The molecule has 2 aliphatic rings. The molecular formula is C20H33N3O4S. The van der Waals surface area contributed by atoms with E-state index in [2.05, 4.69) is 17.3 Å². The van der Waals surface area contributed by atoms with Crippen LogP contribution in [0.25, 0.3) is 0 Å². The summed E-state index contributed by atoms with van der Waals surface area (Å²) < 4.78 is 32.3. The van der Waals surface area contributed by atoms with Crippen LogP contribution >= 0.6 is 0 Å². The molecule has 1 aromatic heterocycles. The summed E-state index contributed by atoms with van der Waals surface area (Å²) in [6.45, 7) is 4.14. The maximum Gasteiger partial charge on any atom is 0.287 e. The normalized spacial score (nSPS) is 19.4. The molecule has 8 heteroatoms. The average Bonchev–Trinajstić information content (AvgIpc) is 3.36. The predicted molar refractivity (Wildman–Crippen MR) is 108 cm³/mol. The van der Waals surface area contributed by atoms with Crippen molar-refractivity contribution in [2.24, 2.45) is 0 Å². The van der Waals surface area contributed by atoms with Gasteiger partial charge in [-0.2, -0.15) is 4.31 Å². The van der Waals surface area contributed by atoms with E-state index in [1.165, 1.54) is 42.5 Å². The van der Waals surface area contributed by atoms with Crippen LogP contribution in [0.4, 0.5) is 0 Å². The van der Waals surface area contributed by atoms with Crippen molar-refractivity contribution < 1.29 is 17.6 Å². The Morgan fingerprint density at radius 3 is 2.57 bits per heavy atom. The second kappa shape index (κ2) is 9.41. The summed E-state index contributed by atoms with van der Waals surface area (Å²) in [7, 11) is -1.42. The molecule has 28 heavy (non-hydrogen) atoms. The van der Waals surface area contributed by atoms with Crippen LogP contribution in [0.15, 0.2) is 15.4 Å². The molecule has 1 saturated carbocycles. The summed E-state index contributed by atoms with van der Waals surface area (Å²) in [5.41, 5.74) is 0. The van der Waals surface area contributed by atoms with E-state index in [4.69, 9.17) is 4.42 Å². The molecular weight excluding hydrogens is 378 g/mol. The molecule has 0 radical (unpaired) electrons. The predicted octanol–water partition coefficient (Wildman–Crippen LogP) is 2.76. The van der Waals surface area contributed by atoms with E-state index >= 15 is 0 Å². The van der Waals surface area contributed by atoms with Gasteiger partial charge in [0, 0.05) is 31.7 Å². The first-order valence-corrected chi connectivity index (χ1v) is 11.9. The number of nitrogens with zero attached hydrogens (tertiary/aromatic N) is 2. The fraction of sp³-hybridized carbons (Fsp3) is 0.750. The van der Waals surface area contributed by atoms with Crippen molar-refractivity contribution in [2.45, 2.75) is 69.2 Å². The van der Waals surface area contributed by atoms with Gasteiger partial charge >= 0.3 is 0 Å². The highest BCUT2D eigenvalue weighted by atomic mass is 32.2. The minimum absolute atomic E-state index is 0.0657. The minimum atomic E-state index is -3.58. The zero-order valence-corrected chi connectivity index (χ0v) is 17.9. The van der Waals surface area contributed by atoms with Gasteiger partial charge in [0.15, 0.2) is 5.76 Å². The highest BCUT2D eigenvalue weighted by Crippen LogP contribution is 2.26. The number of hydrogen-bond acceptors (Lipinski definition) is 5. The Kier molecular flexibility index (Phi) is 7.17. The Balaban J connectivity index is 1.49. The Bertz CT molecular complexity index is 762. The number of nitrogens with one attached hydrogen (secondary N) is 1. The zero-order valence-electron chi connectivity index (χ0n) is 17.1. The standard InChI is InChI=1S/C20H33N3O4S/c1-16-19(28(25,26)23-13-6-7-14-23)15-18(27-16)20(24)21-11-8-12-22(2)17-9-4-3-5-10-17/h15,17H,3-14H2,1-2H3,(H,21,24). The van der Waals surface area contributed by atoms with Crippen LogP contribution in [0.3, 0.4) is 0 Å². The van der Waals surface area contributed by atoms with Crippen molar-refractivity contribution in [2.75, 3.05) is 33.2 Å². The third-order valence-corrected chi connectivity index (χ3v) is 7.96. The van der Waals surface area contributed by atoms with Gasteiger partial charge in [-0.05, 0) is 52.6 Å². The number of sulfonamides is 1. The molecule has 0 atom stereocenters. The molecule has 2 fully saturated rings. The minimum Gasteiger partial charge on any atom is -0.455 e. The van der Waals surface area contributed by atoms with Crippen LogP contribution in [0.5, 0.6) is 0 Å². The average molecular weight is 412 g/mol. The van der Waals surface area contributed by atoms with Gasteiger partial charge in [0.2, 0.25) is 10.0 Å². The molecule has 158 valence electrons. The van der Waals surface area contributed by atoms with Crippen molar-refractivity contribution >= 4 is 15.9 Å². The van der Waals surface area contributed by atoms with Crippen molar-refractivity contribution in [1.82, 2.24) is 14.5 Å². The molecule has 0 unspecified atom stereocenters. The summed E-state index contributed by atoms with van der Waals surface area (Å²) in [6.07, 6.45) is 9.11. The largest absolute Gasteiger partial charge is 0.455 e. The van der Waals surface area contributed by atoms with Crippen LogP contribution in [-0.2, 0) is 10.0 Å². The summed E-state index contributed by atoms with van der Waals surface area (Å²) in [6, 6.07) is 2.03. The lowest BCUT2D eigenvalue weighted by Gasteiger charge is -2.31. The summed E-state index contributed by atoms with van der Waals surface area (Å²) >= 11 is 0. The van der Waals surface area contributed by atoms with E-state index in [0.29, 0.717) is 25.7 Å².